The molecule has 0 fully saturated rings. The highest BCUT2D eigenvalue weighted by Crippen LogP contribution is 2.14. The second-order valence-corrected chi connectivity index (χ2v) is 1.62. The van der Waals surface area contributed by atoms with Crippen LogP contribution in [0.5, 0.6) is 0 Å². The van der Waals surface area contributed by atoms with Crippen molar-refractivity contribution in [1.29, 1.82) is 5.26 Å². The topological polar surface area (TPSA) is 50.1 Å². The Balaban J connectivity index is 0. The second kappa shape index (κ2) is 6.46. The molecule has 0 spiro atoms. The van der Waals surface area contributed by atoms with Gasteiger partial charge in [-0.3, -0.25) is 4.79 Å². The van der Waals surface area contributed by atoms with Gasteiger partial charge in [0.15, 0.2) is 6.61 Å². The van der Waals surface area contributed by atoms with Gasteiger partial charge in [-0.1, -0.05) is 0 Å². The van der Waals surface area contributed by atoms with Gasteiger partial charge in [0, 0.05) is 13.8 Å². The Morgan fingerprint density at radius 1 is 1.58 bits per heavy atom. The van der Waals surface area contributed by atoms with Crippen LogP contribution in [-0.2, 0) is 9.53 Å². The van der Waals surface area contributed by atoms with Crippen LogP contribution in [0.2, 0.25) is 0 Å². The van der Waals surface area contributed by atoms with E-state index in [1.165, 1.54) is 6.92 Å². The molecule has 0 aliphatic carbocycles. The van der Waals surface area contributed by atoms with Gasteiger partial charge in [-0.05, 0) is 0 Å². The summed E-state index contributed by atoms with van der Waals surface area (Å²) in [6.45, 7) is 0.855. The van der Waals surface area contributed by atoms with Crippen molar-refractivity contribution in [3.05, 3.63) is 0 Å². The van der Waals surface area contributed by atoms with E-state index in [0.717, 1.165) is 6.92 Å². The molecule has 0 aliphatic rings. The number of nitriles is 1. The van der Waals surface area contributed by atoms with E-state index in [4.69, 9.17) is 5.26 Å². The van der Waals surface area contributed by atoms with Crippen LogP contribution in [0.4, 0.5) is 13.2 Å². The molecular weight excluding hydrogens is 175 g/mol. The number of alkyl halides is 3. The summed E-state index contributed by atoms with van der Waals surface area (Å²) >= 11 is 0. The summed E-state index contributed by atoms with van der Waals surface area (Å²) in [5.74, 6) is -0.924. The normalized spacial score (nSPS) is 9.00. The molecule has 0 aliphatic heterocycles. The zero-order valence-corrected chi connectivity index (χ0v) is 6.60. The van der Waals surface area contributed by atoms with Gasteiger partial charge in [-0.15, -0.1) is 0 Å². The number of ether oxygens (including phenoxy) is 1. The lowest BCUT2D eigenvalue weighted by molar-refractivity contribution is -0.184. The van der Waals surface area contributed by atoms with Crippen molar-refractivity contribution in [3.63, 3.8) is 0 Å². The molecular formula is C6H8F3NO2. The second-order valence-electron chi connectivity index (χ2n) is 1.62. The van der Waals surface area contributed by atoms with Gasteiger partial charge in [0.2, 0.25) is 0 Å². The minimum absolute atomic E-state index is 0.922. The largest absolute Gasteiger partial charge is 0.456 e. The summed E-state index contributed by atoms with van der Waals surface area (Å²) in [4.78, 5) is 9.77. The van der Waals surface area contributed by atoms with Gasteiger partial charge in [-0.25, -0.2) is 0 Å². The van der Waals surface area contributed by atoms with Gasteiger partial charge in [0.1, 0.15) is 0 Å². The maximum Gasteiger partial charge on any atom is 0.422 e. The molecule has 12 heavy (non-hydrogen) atoms. The molecule has 0 unspecified atom stereocenters. The smallest absolute Gasteiger partial charge is 0.422 e. The lowest BCUT2D eigenvalue weighted by atomic mass is 10.7. The molecule has 0 radical (unpaired) electrons. The number of carbonyl (C=O) groups is 1. The number of carbonyl (C=O) groups excluding carboxylic acids is 1. The SMILES string of the molecule is CC#N.CC(=O)OCC(F)(F)F. The fraction of sp³-hybridized carbons (Fsp3) is 0.667. The third-order valence-electron chi connectivity index (χ3n) is 0.439. The van der Waals surface area contributed by atoms with Gasteiger partial charge in [-0.2, -0.15) is 18.4 Å². The minimum Gasteiger partial charge on any atom is -0.456 e. The highest BCUT2D eigenvalue weighted by Gasteiger charge is 2.28. The van der Waals surface area contributed by atoms with Crippen molar-refractivity contribution in [1.82, 2.24) is 0 Å². The number of nitrogens with zero attached hydrogens (tertiary/aromatic N) is 1. The number of rotatable bonds is 1. The highest BCUT2D eigenvalue weighted by molar-refractivity contribution is 5.65. The molecule has 0 aromatic carbocycles. The van der Waals surface area contributed by atoms with Crippen molar-refractivity contribution in [2.45, 2.75) is 20.0 Å². The third-order valence-corrected chi connectivity index (χ3v) is 0.439. The zero-order valence-electron chi connectivity index (χ0n) is 6.60. The monoisotopic (exact) mass is 183 g/mol. The molecule has 0 atom stereocenters. The van der Waals surface area contributed by atoms with E-state index in [1.54, 1.807) is 6.07 Å². The average molecular weight is 183 g/mol. The Hall–Kier alpha value is -1.25. The maximum atomic E-state index is 11.1. The van der Waals surface area contributed by atoms with E-state index in [2.05, 4.69) is 4.74 Å². The van der Waals surface area contributed by atoms with Crippen LogP contribution in [0.25, 0.3) is 0 Å². The van der Waals surface area contributed by atoms with Gasteiger partial charge in [0.25, 0.3) is 0 Å². The minimum atomic E-state index is -4.41. The first-order valence-corrected chi connectivity index (χ1v) is 2.84. The summed E-state index contributed by atoms with van der Waals surface area (Å²) in [6, 6.07) is 1.75. The van der Waals surface area contributed by atoms with Crippen molar-refractivity contribution < 1.29 is 22.7 Å². The Kier molecular flexibility index (Phi) is 7.18. The first kappa shape index (κ1) is 13.3. The van der Waals surface area contributed by atoms with Crippen LogP contribution >= 0.6 is 0 Å². The first-order valence-electron chi connectivity index (χ1n) is 2.84. The Morgan fingerprint density at radius 2 is 1.92 bits per heavy atom. The molecule has 0 rings (SSSR count). The molecule has 0 saturated heterocycles. The lowest BCUT2D eigenvalue weighted by Crippen LogP contribution is -2.18. The number of halogens is 3. The predicted octanol–water partition coefficient (Wildman–Crippen LogP) is 1.64. The number of hydrogen-bond donors (Lipinski definition) is 0. The average Bonchev–Trinajstić information content (AvgIpc) is 1.84. The summed E-state index contributed by atoms with van der Waals surface area (Å²) in [5.41, 5.74) is 0. The fourth-order valence-electron chi connectivity index (χ4n) is 0.183. The molecule has 6 heteroatoms. The van der Waals surface area contributed by atoms with Crippen LogP contribution in [0.15, 0.2) is 0 Å². The molecule has 0 amide bonds. The maximum absolute atomic E-state index is 11.1. The predicted molar refractivity (Wildman–Crippen MR) is 34.0 cm³/mol. The molecule has 0 bridgehead atoms. The van der Waals surface area contributed by atoms with E-state index >= 15 is 0 Å². The quantitative estimate of drug-likeness (QED) is 0.580. The van der Waals surface area contributed by atoms with Gasteiger partial charge >= 0.3 is 12.1 Å². The summed E-state index contributed by atoms with van der Waals surface area (Å²) in [7, 11) is 0. The fourth-order valence-corrected chi connectivity index (χ4v) is 0.183. The van der Waals surface area contributed by atoms with Crippen molar-refractivity contribution in [2.75, 3.05) is 6.61 Å². The van der Waals surface area contributed by atoms with Crippen molar-refractivity contribution in [3.8, 4) is 6.07 Å². The molecule has 0 N–H and O–H groups in total. The standard InChI is InChI=1S/C4H5F3O2.C2H3N/c1-3(8)9-2-4(5,6)7;1-2-3/h2H2,1H3;1H3. The Bertz CT molecular complexity index is 171. The van der Waals surface area contributed by atoms with E-state index in [-0.39, 0.29) is 0 Å². The number of esters is 1. The molecule has 0 aromatic heterocycles. The van der Waals surface area contributed by atoms with Crippen LogP contribution in [0.3, 0.4) is 0 Å². The third kappa shape index (κ3) is 23.3. The van der Waals surface area contributed by atoms with Crippen LogP contribution in [0, 0.1) is 11.3 Å². The molecule has 0 heterocycles. The van der Waals surface area contributed by atoms with Crippen LogP contribution in [-0.4, -0.2) is 18.8 Å². The molecule has 3 nitrogen and oxygen atoms in total. The first-order chi connectivity index (χ1) is 5.33. The van der Waals surface area contributed by atoms with Crippen molar-refractivity contribution in [2.24, 2.45) is 0 Å². The van der Waals surface area contributed by atoms with E-state index in [9.17, 15) is 18.0 Å². The highest BCUT2D eigenvalue weighted by atomic mass is 19.4. The van der Waals surface area contributed by atoms with Gasteiger partial charge in [0.05, 0.1) is 6.07 Å². The van der Waals surface area contributed by atoms with E-state index < -0.39 is 18.8 Å². The molecule has 70 valence electrons. The van der Waals surface area contributed by atoms with Gasteiger partial charge < -0.3 is 4.74 Å². The number of hydrogen-bond acceptors (Lipinski definition) is 3. The Morgan fingerprint density at radius 3 is 2.00 bits per heavy atom. The molecule has 0 saturated carbocycles. The molecule has 0 aromatic rings. The van der Waals surface area contributed by atoms with Crippen LogP contribution < -0.4 is 0 Å². The zero-order chi connectivity index (χ0) is 10.2. The van der Waals surface area contributed by atoms with E-state index in [0.29, 0.717) is 0 Å². The Labute approximate surface area is 67.7 Å². The van der Waals surface area contributed by atoms with Crippen molar-refractivity contribution >= 4 is 5.97 Å². The summed E-state index contributed by atoms with van der Waals surface area (Å²) in [6.07, 6.45) is -4.41. The summed E-state index contributed by atoms with van der Waals surface area (Å²) in [5, 5.41) is 7.32. The van der Waals surface area contributed by atoms with E-state index in [1.807, 2.05) is 0 Å². The van der Waals surface area contributed by atoms with Crippen LogP contribution in [0.1, 0.15) is 13.8 Å². The summed E-state index contributed by atoms with van der Waals surface area (Å²) < 4.78 is 37.1. The lowest BCUT2D eigenvalue weighted by Gasteiger charge is -2.04.